The molecular weight excluding hydrogens is 517 g/mol. The number of hydrogen-bond acceptors (Lipinski definition) is 3. The van der Waals surface area contributed by atoms with Crippen LogP contribution in [0.15, 0.2) is 54.6 Å². The van der Waals surface area contributed by atoms with Crippen molar-refractivity contribution < 1.29 is 27.5 Å². The van der Waals surface area contributed by atoms with E-state index in [1.807, 2.05) is 57.4 Å². The molecule has 1 amide bonds. The molecule has 2 aromatic carbocycles. The predicted octanol–water partition coefficient (Wildman–Crippen LogP) is 8.19. The third-order valence-corrected chi connectivity index (χ3v) is 7.60. The fourth-order valence-corrected chi connectivity index (χ4v) is 5.03. The number of Topliss-reactive ketones (excluding diaryl/α,β-unsaturated/α-hetero) is 1. The highest BCUT2D eigenvalue weighted by Crippen LogP contribution is 2.41. The molecular formula is C32H39F3N2O3. The second kappa shape index (κ2) is 11.9. The Morgan fingerprint density at radius 2 is 1.57 bits per heavy atom. The molecule has 1 heterocycles. The summed E-state index contributed by atoms with van der Waals surface area (Å²) in [5, 5.41) is 2.63. The summed E-state index contributed by atoms with van der Waals surface area (Å²) in [6.45, 7) is 14.2. The van der Waals surface area contributed by atoms with Crippen molar-refractivity contribution in [2.45, 2.75) is 79.4 Å². The lowest BCUT2D eigenvalue weighted by Crippen LogP contribution is -2.31. The molecule has 3 rings (SSSR count). The minimum atomic E-state index is -4.50. The molecule has 0 aliphatic rings. The monoisotopic (exact) mass is 556 g/mol. The number of amides is 1. The predicted molar refractivity (Wildman–Crippen MR) is 152 cm³/mol. The normalized spacial score (nSPS) is 12.3. The van der Waals surface area contributed by atoms with Crippen LogP contribution in [0.4, 0.5) is 18.9 Å². The highest BCUT2D eigenvalue weighted by Gasteiger charge is 2.35. The minimum Gasteiger partial charge on any atom is -0.486 e. The molecule has 1 N–H and O–H groups in total. The zero-order valence-electron chi connectivity index (χ0n) is 24.3. The SMILES string of the molecule is CCn1c(C(=O)Nc2cccc(C(F)(F)F)c2)ccc1C(CC)(CC)c1ccc(OCC(=O)C(C)(C)C)c(C)c1. The zero-order chi connectivity index (χ0) is 29.9. The number of nitrogens with zero attached hydrogens (tertiary/aromatic N) is 1. The van der Waals surface area contributed by atoms with Gasteiger partial charge in [-0.1, -0.05) is 52.8 Å². The van der Waals surface area contributed by atoms with Crippen LogP contribution in [0.5, 0.6) is 5.75 Å². The molecule has 0 atom stereocenters. The topological polar surface area (TPSA) is 60.3 Å². The highest BCUT2D eigenvalue weighted by molar-refractivity contribution is 6.03. The summed E-state index contributed by atoms with van der Waals surface area (Å²) in [7, 11) is 0. The summed E-state index contributed by atoms with van der Waals surface area (Å²) in [5.74, 6) is 0.190. The van der Waals surface area contributed by atoms with Crippen molar-refractivity contribution in [1.29, 1.82) is 0 Å². The van der Waals surface area contributed by atoms with E-state index in [4.69, 9.17) is 4.74 Å². The molecule has 1 aromatic heterocycles. The lowest BCUT2D eigenvalue weighted by atomic mass is 9.72. The third kappa shape index (κ3) is 6.43. The summed E-state index contributed by atoms with van der Waals surface area (Å²) in [6, 6.07) is 14.2. The van der Waals surface area contributed by atoms with Gasteiger partial charge in [0.05, 0.1) is 5.56 Å². The molecule has 0 aliphatic heterocycles. The first kappa shape index (κ1) is 31.0. The van der Waals surface area contributed by atoms with Gasteiger partial charge < -0.3 is 14.6 Å². The van der Waals surface area contributed by atoms with Crippen molar-refractivity contribution in [1.82, 2.24) is 4.57 Å². The van der Waals surface area contributed by atoms with Gasteiger partial charge in [-0.2, -0.15) is 13.2 Å². The number of ketones is 1. The quantitative estimate of drug-likeness (QED) is 0.274. The molecule has 8 heteroatoms. The number of ether oxygens (including phenoxy) is 1. The van der Waals surface area contributed by atoms with Crippen molar-refractivity contribution in [2.24, 2.45) is 5.41 Å². The zero-order valence-corrected chi connectivity index (χ0v) is 24.3. The van der Waals surface area contributed by atoms with Crippen LogP contribution in [0.3, 0.4) is 0 Å². The van der Waals surface area contributed by atoms with E-state index < -0.39 is 28.5 Å². The number of rotatable bonds is 10. The maximum atomic E-state index is 13.2. The van der Waals surface area contributed by atoms with Crippen molar-refractivity contribution in [2.75, 3.05) is 11.9 Å². The van der Waals surface area contributed by atoms with Crippen LogP contribution in [-0.2, 0) is 22.9 Å². The van der Waals surface area contributed by atoms with Gasteiger partial charge in [-0.15, -0.1) is 0 Å². The van der Waals surface area contributed by atoms with E-state index in [-0.39, 0.29) is 18.1 Å². The van der Waals surface area contributed by atoms with E-state index in [0.717, 1.165) is 41.8 Å². The first-order valence-electron chi connectivity index (χ1n) is 13.6. The molecule has 3 aromatic rings. The van der Waals surface area contributed by atoms with Gasteiger partial charge in [-0.3, -0.25) is 9.59 Å². The molecule has 0 radical (unpaired) electrons. The summed E-state index contributed by atoms with van der Waals surface area (Å²) in [5.41, 5.74) is 1.64. The van der Waals surface area contributed by atoms with E-state index in [9.17, 15) is 22.8 Å². The van der Waals surface area contributed by atoms with Gasteiger partial charge in [0.15, 0.2) is 5.78 Å². The molecule has 0 saturated heterocycles. The fourth-order valence-electron chi connectivity index (χ4n) is 5.03. The molecule has 40 heavy (non-hydrogen) atoms. The van der Waals surface area contributed by atoms with Crippen molar-refractivity contribution in [3.8, 4) is 5.75 Å². The molecule has 0 bridgehead atoms. The Kier molecular flexibility index (Phi) is 9.22. The van der Waals surface area contributed by atoms with Gasteiger partial charge in [-0.25, -0.2) is 0 Å². The lowest BCUT2D eigenvalue weighted by Gasteiger charge is -2.34. The van der Waals surface area contributed by atoms with Crippen LogP contribution in [0.1, 0.15) is 87.3 Å². The molecule has 0 fully saturated rings. The lowest BCUT2D eigenvalue weighted by molar-refractivity contribution is -0.137. The van der Waals surface area contributed by atoms with Crippen molar-refractivity contribution in [3.63, 3.8) is 0 Å². The number of halogens is 3. The molecule has 0 unspecified atom stereocenters. The first-order valence-corrected chi connectivity index (χ1v) is 13.6. The van der Waals surface area contributed by atoms with Crippen LogP contribution in [0, 0.1) is 12.3 Å². The third-order valence-electron chi connectivity index (χ3n) is 7.60. The molecule has 5 nitrogen and oxygen atoms in total. The van der Waals surface area contributed by atoms with Gasteiger partial charge in [0.25, 0.3) is 5.91 Å². The second-order valence-corrected chi connectivity index (χ2v) is 11.1. The molecule has 216 valence electrons. The highest BCUT2D eigenvalue weighted by atomic mass is 19.4. The first-order chi connectivity index (χ1) is 18.7. The standard InChI is InChI=1S/C32H39F3N2O3/c1-8-31(9-2,22-14-16-26(21(4)18-22)40-20-28(38)30(5,6)7)27-17-15-25(37(27)10-3)29(39)36-24-13-11-12-23(19-24)32(33,34)35/h11-19H,8-10,20H2,1-7H3,(H,36,39). The van der Waals surface area contributed by atoms with Crippen LogP contribution < -0.4 is 10.1 Å². The maximum Gasteiger partial charge on any atom is 0.416 e. The minimum absolute atomic E-state index is 0.000575. The van der Waals surface area contributed by atoms with Crippen molar-refractivity contribution in [3.05, 3.63) is 82.7 Å². The molecule has 0 saturated carbocycles. The van der Waals surface area contributed by atoms with Crippen molar-refractivity contribution >= 4 is 17.4 Å². The maximum absolute atomic E-state index is 13.2. The van der Waals surface area contributed by atoms with Gasteiger partial charge in [0, 0.05) is 28.8 Å². The van der Waals surface area contributed by atoms with E-state index >= 15 is 0 Å². The Balaban J connectivity index is 1.95. The number of carbonyl (C=O) groups is 2. The Labute approximate surface area is 234 Å². The van der Waals surface area contributed by atoms with E-state index in [0.29, 0.717) is 18.0 Å². The Hall–Kier alpha value is -3.55. The van der Waals surface area contributed by atoms with E-state index in [1.165, 1.54) is 12.1 Å². The number of anilines is 1. The second-order valence-electron chi connectivity index (χ2n) is 11.1. The number of hydrogen-bond donors (Lipinski definition) is 1. The average Bonchev–Trinajstić information content (AvgIpc) is 3.33. The summed E-state index contributed by atoms with van der Waals surface area (Å²) in [6.07, 6.45) is -2.99. The largest absolute Gasteiger partial charge is 0.486 e. The van der Waals surface area contributed by atoms with Gasteiger partial charge in [-0.05, 0) is 74.2 Å². The number of benzene rings is 2. The summed E-state index contributed by atoms with van der Waals surface area (Å²) in [4.78, 5) is 25.6. The Morgan fingerprint density at radius 3 is 2.12 bits per heavy atom. The Morgan fingerprint density at radius 1 is 0.900 bits per heavy atom. The van der Waals surface area contributed by atoms with Gasteiger partial charge in [0.1, 0.15) is 18.1 Å². The fraction of sp³-hybridized carbons (Fsp3) is 0.438. The average molecular weight is 557 g/mol. The van der Waals surface area contributed by atoms with Crippen LogP contribution in [-0.4, -0.2) is 22.9 Å². The summed E-state index contributed by atoms with van der Waals surface area (Å²) < 4.78 is 47.3. The number of aromatic nitrogens is 1. The van der Waals surface area contributed by atoms with Crippen LogP contribution in [0.25, 0.3) is 0 Å². The van der Waals surface area contributed by atoms with Crippen LogP contribution >= 0.6 is 0 Å². The van der Waals surface area contributed by atoms with Gasteiger partial charge in [0.2, 0.25) is 0 Å². The number of alkyl halides is 3. The number of aryl methyl sites for hydroxylation is 1. The van der Waals surface area contributed by atoms with Gasteiger partial charge >= 0.3 is 6.18 Å². The van der Waals surface area contributed by atoms with E-state index in [1.54, 1.807) is 6.07 Å². The molecule has 0 spiro atoms. The number of carbonyl (C=O) groups excluding carboxylic acids is 2. The number of nitrogens with one attached hydrogen (secondary N) is 1. The smallest absolute Gasteiger partial charge is 0.416 e. The van der Waals surface area contributed by atoms with Crippen LogP contribution in [0.2, 0.25) is 0 Å². The molecule has 0 aliphatic carbocycles. The van der Waals surface area contributed by atoms with E-state index in [2.05, 4.69) is 25.2 Å². The Bertz CT molecular complexity index is 1360. The summed E-state index contributed by atoms with van der Waals surface area (Å²) >= 11 is 0.